The lowest BCUT2D eigenvalue weighted by Gasteiger charge is -2.29. The van der Waals surface area contributed by atoms with Crippen molar-refractivity contribution < 1.29 is 26.6 Å². The molecule has 0 saturated carbocycles. The monoisotopic (exact) mass is 532 g/mol. The first-order chi connectivity index (χ1) is 17.0. The van der Waals surface area contributed by atoms with Gasteiger partial charge in [0.05, 0.1) is 12.1 Å². The van der Waals surface area contributed by atoms with Crippen molar-refractivity contribution in [3.63, 3.8) is 0 Å². The minimum absolute atomic E-state index is 0.0139. The number of nitrogens with zero attached hydrogens (tertiary/aromatic N) is 1. The average molecular weight is 533 g/mol. The van der Waals surface area contributed by atoms with Crippen molar-refractivity contribution in [1.82, 2.24) is 4.90 Å². The molecule has 0 aliphatic heterocycles. The van der Waals surface area contributed by atoms with E-state index in [1.165, 1.54) is 72.5 Å². The number of benzene rings is 3. The molecular weight excluding hydrogens is 507 g/mol. The fraction of sp³-hybridized carbons (Fsp3) is 0.231. The molecule has 0 saturated heterocycles. The van der Waals surface area contributed by atoms with Gasteiger partial charge in [-0.1, -0.05) is 30.7 Å². The Morgan fingerprint density at radius 2 is 1.75 bits per heavy atom. The molecule has 0 radical (unpaired) electrons. The highest BCUT2D eigenvalue weighted by atomic mass is 35.5. The van der Waals surface area contributed by atoms with Gasteiger partial charge in [0.25, 0.3) is 5.91 Å². The summed E-state index contributed by atoms with van der Waals surface area (Å²) in [5, 5.41) is 2.88. The summed E-state index contributed by atoms with van der Waals surface area (Å²) < 4.78 is 45.7. The third-order valence-corrected chi connectivity index (χ3v) is 7.00. The molecule has 0 aliphatic carbocycles. The Hall–Kier alpha value is -3.43. The molecule has 0 unspecified atom stereocenters. The Bertz CT molecular complexity index is 1360. The highest BCUT2D eigenvalue weighted by molar-refractivity contribution is 7.87. The van der Waals surface area contributed by atoms with Crippen LogP contribution in [0.2, 0.25) is 5.02 Å². The number of carbonyl (C=O) groups excluding carboxylic acids is 2. The van der Waals surface area contributed by atoms with Crippen molar-refractivity contribution in [3.05, 3.63) is 88.7 Å². The molecule has 0 aromatic heterocycles. The maximum atomic E-state index is 14.4. The maximum absolute atomic E-state index is 14.4. The molecule has 0 fully saturated rings. The number of carbonyl (C=O) groups is 2. The zero-order chi connectivity index (χ0) is 26.5. The van der Waals surface area contributed by atoms with Crippen LogP contribution in [0.15, 0.2) is 71.6 Å². The van der Waals surface area contributed by atoms with E-state index in [1.54, 1.807) is 6.07 Å². The molecule has 36 heavy (non-hydrogen) atoms. The van der Waals surface area contributed by atoms with E-state index in [0.29, 0.717) is 22.7 Å². The van der Waals surface area contributed by atoms with E-state index in [9.17, 15) is 22.4 Å². The van der Waals surface area contributed by atoms with Crippen LogP contribution in [0, 0.1) is 5.82 Å². The lowest BCUT2D eigenvalue weighted by Crippen LogP contribution is -2.38. The van der Waals surface area contributed by atoms with Gasteiger partial charge in [0.15, 0.2) is 0 Å². The van der Waals surface area contributed by atoms with Gasteiger partial charge >= 0.3 is 10.1 Å². The first-order valence-electron chi connectivity index (χ1n) is 11.2. The zero-order valence-corrected chi connectivity index (χ0v) is 21.6. The van der Waals surface area contributed by atoms with Crippen LogP contribution in [-0.2, 0) is 21.5 Å². The predicted molar refractivity (Wildman–Crippen MR) is 136 cm³/mol. The molecule has 3 aromatic carbocycles. The highest BCUT2D eigenvalue weighted by Gasteiger charge is 2.26. The number of halogens is 2. The summed E-state index contributed by atoms with van der Waals surface area (Å²) in [6.07, 6.45) is 0.579. The van der Waals surface area contributed by atoms with E-state index in [1.807, 2.05) is 13.8 Å². The Labute approximate surface area is 215 Å². The van der Waals surface area contributed by atoms with E-state index in [-0.39, 0.29) is 34.7 Å². The van der Waals surface area contributed by atoms with E-state index >= 15 is 0 Å². The van der Waals surface area contributed by atoms with Gasteiger partial charge in [-0.2, -0.15) is 8.42 Å². The number of amides is 2. The molecule has 3 aromatic rings. The molecular formula is C26H26ClFN2O5S. The number of rotatable bonds is 9. The summed E-state index contributed by atoms with van der Waals surface area (Å²) in [4.78, 5) is 25.8. The fourth-order valence-electron chi connectivity index (χ4n) is 3.45. The lowest BCUT2D eigenvalue weighted by molar-refractivity contribution is -0.114. The molecule has 0 aliphatic rings. The van der Waals surface area contributed by atoms with E-state index in [2.05, 4.69) is 5.32 Å². The van der Waals surface area contributed by atoms with Crippen LogP contribution < -0.4 is 9.50 Å². The smallest absolute Gasteiger partial charge is 0.339 e. The number of nitrogens with one attached hydrogen (secondary N) is 1. The molecule has 0 spiro atoms. The van der Waals surface area contributed by atoms with Crippen molar-refractivity contribution in [3.8, 4) is 5.75 Å². The van der Waals surface area contributed by atoms with E-state index < -0.39 is 21.8 Å². The van der Waals surface area contributed by atoms with Crippen LogP contribution in [0.1, 0.15) is 43.1 Å². The Morgan fingerprint density at radius 1 is 1.08 bits per heavy atom. The second-order valence-corrected chi connectivity index (χ2v) is 10.1. The van der Waals surface area contributed by atoms with Crippen molar-refractivity contribution in [2.75, 3.05) is 5.32 Å². The summed E-state index contributed by atoms with van der Waals surface area (Å²) in [7, 11) is -4.25. The lowest BCUT2D eigenvalue weighted by atomic mass is 10.1. The van der Waals surface area contributed by atoms with Crippen molar-refractivity contribution >= 4 is 39.2 Å². The van der Waals surface area contributed by atoms with Gasteiger partial charge < -0.3 is 14.4 Å². The summed E-state index contributed by atoms with van der Waals surface area (Å²) in [5.74, 6) is -1.49. The maximum Gasteiger partial charge on any atom is 0.339 e. The summed E-state index contributed by atoms with van der Waals surface area (Å²) in [5.41, 5.74) is 0.685. The van der Waals surface area contributed by atoms with Crippen LogP contribution in [0.3, 0.4) is 0 Å². The van der Waals surface area contributed by atoms with Gasteiger partial charge in [-0.05, 0) is 67.9 Å². The number of hydrogen-bond donors (Lipinski definition) is 1. The zero-order valence-electron chi connectivity index (χ0n) is 20.0. The van der Waals surface area contributed by atoms with Gasteiger partial charge in [-0.25, -0.2) is 4.39 Å². The second kappa shape index (κ2) is 11.5. The van der Waals surface area contributed by atoms with Crippen LogP contribution in [0.25, 0.3) is 0 Å². The first kappa shape index (κ1) is 27.2. The molecule has 7 nitrogen and oxygen atoms in total. The third-order valence-electron chi connectivity index (χ3n) is 5.51. The van der Waals surface area contributed by atoms with Crippen molar-refractivity contribution in [1.29, 1.82) is 0 Å². The number of anilines is 1. The van der Waals surface area contributed by atoms with E-state index in [0.717, 1.165) is 0 Å². The summed E-state index contributed by atoms with van der Waals surface area (Å²) in [6, 6.07) is 15.3. The second-order valence-electron chi connectivity index (χ2n) is 8.17. The molecule has 3 rings (SSSR count). The molecule has 0 bridgehead atoms. The summed E-state index contributed by atoms with van der Waals surface area (Å²) >= 11 is 6.18. The predicted octanol–water partition coefficient (Wildman–Crippen LogP) is 5.65. The van der Waals surface area contributed by atoms with Gasteiger partial charge in [0, 0.05) is 29.2 Å². The highest BCUT2D eigenvalue weighted by Crippen LogP contribution is 2.29. The minimum Gasteiger partial charge on any atom is -0.379 e. The normalized spacial score (nSPS) is 12.0. The van der Waals surface area contributed by atoms with E-state index in [4.69, 9.17) is 15.8 Å². The molecule has 1 atom stereocenters. The van der Waals surface area contributed by atoms with Crippen LogP contribution in [-0.4, -0.2) is 31.2 Å². The SMILES string of the molecule is CC[C@H](C)N(Cc1cc(Cl)ccc1OS(=O)(=O)c1ccc(NC(C)=O)cc1)C(=O)c1ccccc1F. The van der Waals surface area contributed by atoms with Crippen molar-refractivity contribution in [2.24, 2.45) is 0 Å². The third kappa shape index (κ3) is 6.61. The summed E-state index contributed by atoms with van der Waals surface area (Å²) in [6.45, 7) is 4.98. The molecule has 1 N–H and O–H groups in total. The van der Waals surface area contributed by atoms with Crippen molar-refractivity contribution in [2.45, 2.75) is 44.7 Å². The molecule has 2 amide bonds. The Morgan fingerprint density at radius 3 is 2.36 bits per heavy atom. The van der Waals surface area contributed by atoms with Crippen LogP contribution in [0.5, 0.6) is 5.75 Å². The number of hydrogen-bond acceptors (Lipinski definition) is 5. The molecule has 0 heterocycles. The van der Waals surface area contributed by atoms with Gasteiger partial charge in [0.2, 0.25) is 5.91 Å². The van der Waals surface area contributed by atoms with Gasteiger partial charge in [-0.3, -0.25) is 9.59 Å². The van der Waals surface area contributed by atoms with Crippen LogP contribution in [0.4, 0.5) is 10.1 Å². The van der Waals surface area contributed by atoms with Gasteiger partial charge in [0.1, 0.15) is 16.5 Å². The Balaban J connectivity index is 1.93. The molecule has 10 heteroatoms. The quantitative estimate of drug-likeness (QED) is 0.360. The average Bonchev–Trinajstić information content (AvgIpc) is 2.83. The largest absolute Gasteiger partial charge is 0.379 e. The topological polar surface area (TPSA) is 92.8 Å². The minimum atomic E-state index is -4.25. The first-order valence-corrected chi connectivity index (χ1v) is 13.0. The van der Waals surface area contributed by atoms with Gasteiger partial charge in [-0.15, -0.1) is 0 Å². The fourth-order valence-corrected chi connectivity index (χ4v) is 4.61. The Kier molecular flexibility index (Phi) is 8.70. The van der Waals surface area contributed by atoms with Crippen LogP contribution >= 0.6 is 11.6 Å². The molecule has 190 valence electrons. The standard InChI is InChI=1S/C26H26ClFN2O5S/c1-4-17(2)30(26(32)23-7-5-6-8-24(23)28)16-19-15-20(27)9-14-25(19)35-36(33,34)22-12-10-21(11-13-22)29-18(3)31/h5-15,17H,4,16H2,1-3H3,(H,29,31)/t17-/m0/s1.